The van der Waals surface area contributed by atoms with Crippen molar-refractivity contribution in [3.05, 3.63) is 65.7 Å². The molecule has 2 aromatic rings. The van der Waals surface area contributed by atoms with Crippen LogP contribution in [0.15, 0.2) is 54.6 Å². The van der Waals surface area contributed by atoms with Crippen LogP contribution in [-0.2, 0) is 16.1 Å². The lowest BCUT2D eigenvalue weighted by molar-refractivity contribution is -0.122. The second kappa shape index (κ2) is 11.8. The number of nitrogens with one attached hydrogen (secondary N) is 3. The SMILES string of the molecule is O=C(CN1CCN(CCC(=O)Nc2ccccc2C(=O)NC2CC2)CC1)NCc1ccccc1. The van der Waals surface area contributed by atoms with Gasteiger partial charge in [0.25, 0.3) is 5.91 Å². The molecular formula is C26H33N5O3. The lowest BCUT2D eigenvalue weighted by atomic mass is 10.1. The van der Waals surface area contributed by atoms with Gasteiger partial charge >= 0.3 is 0 Å². The van der Waals surface area contributed by atoms with Crippen LogP contribution in [0.25, 0.3) is 0 Å². The van der Waals surface area contributed by atoms with Crippen LogP contribution in [0.2, 0.25) is 0 Å². The molecule has 0 bridgehead atoms. The zero-order valence-corrected chi connectivity index (χ0v) is 19.5. The molecule has 1 saturated carbocycles. The van der Waals surface area contributed by atoms with Crippen molar-refractivity contribution in [2.24, 2.45) is 0 Å². The molecule has 0 spiro atoms. The minimum atomic E-state index is -0.137. The second-order valence-electron chi connectivity index (χ2n) is 8.97. The summed E-state index contributed by atoms with van der Waals surface area (Å²) >= 11 is 0. The summed E-state index contributed by atoms with van der Waals surface area (Å²) in [4.78, 5) is 41.6. The van der Waals surface area contributed by atoms with Gasteiger partial charge in [-0.15, -0.1) is 0 Å². The predicted molar refractivity (Wildman–Crippen MR) is 131 cm³/mol. The van der Waals surface area contributed by atoms with Crippen LogP contribution in [0.3, 0.4) is 0 Å². The minimum absolute atomic E-state index is 0.0288. The van der Waals surface area contributed by atoms with E-state index in [1.165, 1.54) is 0 Å². The Hall–Kier alpha value is -3.23. The Morgan fingerprint density at radius 2 is 1.50 bits per heavy atom. The van der Waals surface area contributed by atoms with Gasteiger partial charge in [0.15, 0.2) is 0 Å². The Bertz CT molecular complexity index is 985. The molecule has 1 saturated heterocycles. The Labute approximate surface area is 200 Å². The number of carbonyl (C=O) groups is 3. The standard InChI is InChI=1S/C26H33N5O3/c32-24(29-23-9-5-4-8-22(23)26(34)28-21-10-11-21)12-13-30-14-16-31(17-15-30)19-25(33)27-18-20-6-2-1-3-7-20/h1-9,21H,10-19H2,(H,27,33)(H,28,34)(H,29,32). The topological polar surface area (TPSA) is 93.8 Å². The molecular weight excluding hydrogens is 430 g/mol. The van der Waals surface area contributed by atoms with Gasteiger partial charge in [-0.05, 0) is 30.5 Å². The molecule has 2 fully saturated rings. The molecule has 34 heavy (non-hydrogen) atoms. The number of benzene rings is 2. The number of nitrogens with zero attached hydrogens (tertiary/aromatic N) is 2. The summed E-state index contributed by atoms with van der Waals surface area (Å²) in [5, 5.41) is 8.84. The summed E-state index contributed by atoms with van der Waals surface area (Å²) in [6.07, 6.45) is 2.40. The van der Waals surface area contributed by atoms with Crippen molar-refractivity contribution in [2.75, 3.05) is 44.6 Å². The summed E-state index contributed by atoms with van der Waals surface area (Å²) in [6.45, 7) is 4.81. The lowest BCUT2D eigenvalue weighted by Crippen LogP contribution is -2.49. The first-order valence-electron chi connectivity index (χ1n) is 12.0. The van der Waals surface area contributed by atoms with Crippen LogP contribution in [0.1, 0.15) is 35.2 Å². The number of hydrogen-bond acceptors (Lipinski definition) is 5. The maximum Gasteiger partial charge on any atom is 0.253 e. The molecule has 3 amide bonds. The van der Waals surface area contributed by atoms with Gasteiger partial charge in [-0.25, -0.2) is 0 Å². The molecule has 180 valence electrons. The van der Waals surface area contributed by atoms with Gasteiger partial charge in [0.1, 0.15) is 0 Å². The van der Waals surface area contributed by atoms with E-state index in [9.17, 15) is 14.4 Å². The fraction of sp³-hybridized carbons (Fsp3) is 0.423. The van der Waals surface area contributed by atoms with Crippen molar-refractivity contribution in [3.63, 3.8) is 0 Å². The van der Waals surface area contributed by atoms with E-state index < -0.39 is 0 Å². The zero-order valence-electron chi connectivity index (χ0n) is 19.5. The van der Waals surface area contributed by atoms with Crippen LogP contribution in [0, 0.1) is 0 Å². The smallest absolute Gasteiger partial charge is 0.253 e. The van der Waals surface area contributed by atoms with Crippen molar-refractivity contribution >= 4 is 23.4 Å². The Balaban J connectivity index is 1.14. The largest absolute Gasteiger partial charge is 0.351 e. The molecule has 1 aliphatic heterocycles. The molecule has 8 nitrogen and oxygen atoms in total. The number of piperazine rings is 1. The van der Waals surface area contributed by atoms with Crippen LogP contribution in [0.4, 0.5) is 5.69 Å². The van der Waals surface area contributed by atoms with Gasteiger partial charge in [0.05, 0.1) is 17.8 Å². The number of para-hydroxylation sites is 1. The highest BCUT2D eigenvalue weighted by Gasteiger charge is 2.25. The summed E-state index contributed by atoms with van der Waals surface area (Å²) in [5.41, 5.74) is 2.14. The number of rotatable bonds is 10. The maximum absolute atomic E-state index is 12.5. The molecule has 1 heterocycles. The third kappa shape index (κ3) is 7.40. The van der Waals surface area contributed by atoms with Crippen LogP contribution in [-0.4, -0.2) is 72.8 Å². The van der Waals surface area contributed by atoms with Crippen molar-refractivity contribution in [1.82, 2.24) is 20.4 Å². The van der Waals surface area contributed by atoms with E-state index in [-0.39, 0.29) is 23.8 Å². The van der Waals surface area contributed by atoms with Gasteiger partial charge in [-0.3, -0.25) is 19.3 Å². The van der Waals surface area contributed by atoms with Gasteiger partial charge in [0.2, 0.25) is 11.8 Å². The van der Waals surface area contributed by atoms with Crippen molar-refractivity contribution in [2.45, 2.75) is 31.8 Å². The molecule has 0 atom stereocenters. The van der Waals surface area contributed by atoms with Gasteiger partial charge < -0.3 is 20.9 Å². The van der Waals surface area contributed by atoms with E-state index in [0.717, 1.165) is 44.6 Å². The highest BCUT2D eigenvalue weighted by Crippen LogP contribution is 2.21. The van der Waals surface area contributed by atoms with Crippen LogP contribution >= 0.6 is 0 Å². The van der Waals surface area contributed by atoms with Gasteiger partial charge in [-0.1, -0.05) is 42.5 Å². The fourth-order valence-corrected chi connectivity index (χ4v) is 3.98. The van der Waals surface area contributed by atoms with Gasteiger partial charge in [0, 0.05) is 51.7 Å². The lowest BCUT2D eigenvalue weighted by Gasteiger charge is -2.34. The first-order valence-corrected chi connectivity index (χ1v) is 12.0. The van der Waals surface area contributed by atoms with E-state index >= 15 is 0 Å². The van der Waals surface area contributed by atoms with E-state index in [1.807, 2.05) is 36.4 Å². The molecule has 0 unspecified atom stereocenters. The third-order valence-electron chi connectivity index (χ3n) is 6.18. The van der Waals surface area contributed by atoms with E-state index in [4.69, 9.17) is 0 Å². The highest BCUT2D eigenvalue weighted by molar-refractivity contribution is 6.03. The molecule has 1 aliphatic carbocycles. The minimum Gasteiger partial charge on any atom is -0.351 e. The number of amides is 3. The molecule has 0 radical (unpaired) electrons. The molecule has 4 rings (SSSR count). The van der Waals surface area contributed by atoms with Gasteiger partial charge in [-0.2, -0.15) is 0 Å². The fourth-order valence-electron chi connectivity index (χ4n) is 3.98. The summed E-state index contributed by atoms with van der Waals surface area (Å²) in [6, 6.07) is 17.3. The van der Waals surface area contributed by atoms with Crippen LogP contribution in [0.5, 0.6) is 0 Å². The zero-order chi connectivity index (χ0) is 23.8. The number of carbonyl (C=O) groups excluding carboxylic acids is 3. The normalized spacial score (nSPS) is 16.6. The Kier molecular flexibility index (Phi) is 8.27. The van der Waals surface area contributed by atoms with E-state index in [2.05, 4.69) is 25.8 Å². The number of anilines is 1. The Morgan fingerprint density at radius 1 is 0.824 bits per heavy atom. The summed E-state index contributed by atoms with van der Waals surface area (Å²) < 4.78 is 0. The summed E-state index contributed by atoms with van der Waals surface area (Å²) in [7, 11) is 0. The first kappa shape index (κ1) is 23.9. The van der Waals surface area contributed by atoms with Crippen molar-refractivity contribution in [1.29, 1.82) is 0 Å². The van der Waals surface area contributed by atoms with E-state index in [1.54, 1.807) is 18.2 Å². The third-order valence-corrected chi connectivity index (χ3v) is 6.18. The molecule has 2 aromatic carbocycles. The average molecular weight is 464 g/mol. The average Bonchev–Trinajstić information content (AvgIpc) is 3.67. The molecule has 0 aromatic heterocycles. The Morgan fingerprint density at radius 3 is 2.24 bits per heavy atom. The number of hydrogen-bond donors (Lipinski definition) is 3. The first-order chi connectivity index (χ1) is 16.6. The molecule has 8 heteroatoms. The quantitative estimate of drug-likeness (QED) is 0.500. The van der Waals surface area contributed by atoms with Crippen molar-refractivity contribution in [3.8, 4) is 0 Å². The molecule has 2 aliphatic rings. The monoisotopic (exact) mass is 463 g/mol. The van der Waals surface area contributed by atoms with Crippen molar-refractivity contribution < 1.29 is 14.4 Å². The molecule has 3 N–H and O–H groups in total. The van der Waals surface area contributed by atoms with E-state index in [0.29, 0.717) is 37.3 Å². The summed E-state index contributed by atoms with van der Waals surface area (Å²) in [5.74, 6) is -0.210. The highest BCUT2D eigenvalue weighted by atomic mass is 16.2. The second-order valence-corrected chi connectivity index (χ2v) is 8.97. The predicted octanol–water partition coefficient (Wildman–Crippen LogP) is 1.84. The maximum atomic E-state index is 12.5. The van der Waals surface area contributed by atoms with Crippen LogP contribution < -0.4 is 16.0 Å².